The van der Waals surface area contributed by atoms with Gasteiger partial charge in [0.1, 0.15) is 12.4 Å². The van der Waals surface area contributed by atoms with Crippen LogP contribution in [0.1, 0.15) is 19.4 Å². The van der Waals surface area contributed by atoms with Crippen LogP contribution >= 0.6 is 11.6 Å². The zero-order valence-corrected chi connectivity index (χ0v) is 14.9. The molecule has 25 heavy (non-hydrogen) atoms. The largest absolute Gasteiger partial charge is 0.492 e. The average Bonchev–Trinajstić information content (AvgIpc) is 2.56. The molecular weight excluding hydrogens is 348 g/mol. The maximum atomic E-state index is 12.1. The third-order valence-corrected chi connectivity index (χ3v) is 3.74. The molecular formula is C17H21ClN2O5. The Morgan fingerprint density at radius 1 is 1.32 bits per heavy atom. The van der Waals surface area contributed by atoms with Gasteiger partial charge in [-0.05, 0) is 44.0 Å². The molecule has 1 heterocycles. The van der Waals surface area contributed by atoms with Crippen LogP contribution in [0, 0.1) is 5.92 Å². The fraction of sp³-hybridized carbons (Fsp3) is 0.471. The lowest BCUT2D eigenvalue weighted by molar-refractivity contribution is -0.153. The molecule has 1 aliphatic rings. The molecule has 0 aliphatic carbocycles. The van der Waals surface area contributed by atoms with Crippen LogP contribution in [0.2, 0.25) is 5.02 Å². The van der Waals surface area contributed by atoms with Gasteiger partial charge in [0.05, 0.1) is 12.5 Å². The van der Waals surface area contributed by atoms with Crippen LogP contribution in [0.25, 0.3) is 0 Å². The van der Waals surface area contributed by atoms with E-state index in [0.29, 0.717) is 17.2 Å². The summed E-state index contributed by atoms with van der Waals surface area (Å²) in [4.78, 5) is 35.2. The van der Waals surface area contributed by atoms with Gasteiger partial charge in [0.2, 0.25) is 5.91 Å². The maximum Gasteiger partial charge on any atom is 0.313 e. The first-order valence-corrected chi connectivity index (χ1v) is 8.37. The van der Waals surface area contributed by atoms with Crippen molar-refractivity contribution in [2.45, 2.75) is 26.3 Å². The average molecular weight is 369 g/mol. The van der Waals surface area contributed by atoms with Crippen LogP contribution < -0.4 is 15.4 Å². The fourth-order valence-corrected chi connectivity index (χ4v) is 2.57. The van der Waals surface area contributed by atoms with Crippen molar-refractivity contribution in [2.24, 2.45) is 5.92 Å². The Balaban J connectivity index is 1.75. The summed E-state index contributed by atoms with van der Waals surface area (Å²) in [6.45, 7) is 3.23. The highest BCUT2D eigenvalue weighted by Gasteiger charge is 2.28. The predicted octanol–water partition coefficient (Wildman–Crippen LogP) is 1.08. The smallest absolute Gasteiger partial charge is 0.313 e. The fourth-order valence-electron chi connectivity index (χ4n) is 2.37. The topological polar surface area (TPSA) is 93.7 Å². The van der Waals surface area contributed by atoms with Crippen molar-refractivity contribution < 1.29 is 23.9 Å². The van der Waals surface area contributed by atoms with Crippen LogP contribution in [0.15, 0.2) is 18.2 Å². The van der Waals surface area contributed by atoms with E-state index >= 15 is 0 Å². The number of esters is 1. The van der Waals surface area contributed by atoms with E-state index in [1.165, 1.54) is 0 Å². The van der Waals surface area contributed by atoms with Crippen molar-refractivity contribution in [3.05, 3.63) is 28.8 Å². The molecule has 1 aromatic carbocycles. The van der Waals surface area contributed by atoms with Gasteiger partial charge in [0, 0.05) is 11.1 Å². The van der Waals surface area contributed by atoms with E-state index in [1.54, 1.807) is 18.2 Å². The Morgan fingerprint density at radius 2 is 2.08 bits per heavy atom. The second-order valence-electron chi connectivity index (χ2n) is 6.07. The Morgan fingerprint density at radius 3 is 2.80 bits per heavy atom. The summed E-state index contributed by atoms with van der Waals surface area (Å²) < 4.78 is 10.5. The Labute approximate surface area is 151 Å². The van der Waals surface area contributed by atoms with Gasteiger partial charge >= 0.3 is 5.97 Å². The summed E-state index contributed by atoms with van der Waals surface area (Å²) >= 11 is 5.94. The monoisotopic (exact) mass is 368 g/mol. The molecule has 1 aromatic rings. The lowest BCUT2D eigenvalue weighted by atomic mass is 9.97. The Hall–Kier alpha value is -2.28. The van der Waals surface area contributed by atoms with Gasteiger partial charge in [-0.2, -0.15) is 0 Å². The first-order valence-electron chi connectivity index (χ1n) is 7.99. The van der Waals surface area contributed by atoms with Crippen LogP contribution in [-0.2, 0) is 25.5 Å². The Kier molecular flexibility index (Phi) is 6.64. The first kappa shape index (κ1) is 19.1. The molecule has 1 atom stereocenters. The lowest BCUT2D eigenvalue weighted by Gasteiger charge is -2.24. The summed E-state index contributed by atoms with van der Waals surface area (Å²) in [5, 5.41) is 5.60. The van der Waals surface area contributed by atoms with Crippen LogP contribution in [-0.4, -0.2) is 43.6 Å². The summed E-state index contributed by atoms with van der Waals surface area (Å²) in [6, 6.07) is 5.22. The minimum Gasteiger partial charge on any atom is -0.492 e. The molecule has 0 saturated heterocycles. The molecule has 0 saturated carbocycles. The molecule has 0 bridgehead atoms. The van der Waals surface area contributed by atoms with E-state index in [4.69, 9.17) is 21.1 Å². The molecule has 1 aliphatic heterocycles. The van der Waals surface area contributed by atoms with Crippen molar-refractivity contribution in [3.63, 3.8) is 0 Å². The number of ether oxygens (including phenoxy) is 2. The van der Waals surface area contributed by atoms with E-state index in [9.17, 15) is 14.4 Å². The molecule has 0 radical (unpaired) electrons. The van der Waals surface area contributed by atoms with Gasteiger partial charge in [-0.1, -0.05) is 11.6 Å². The number of amides is 2. The minimum absolute atomic E-state index is 0.00934. The van der Waals surface area contributed by atoms with E-state index in [-0.39, 0.29) is 25.1 Å². The van der Waals surface area contributed by atoms with E-state index < -0.39 is 24.4 Å². The van der Waals surface area contributed by atoms with Crippen molar-refractivity contribution in [2.75, 3.05) is 19.8 Å². The zero-order valence-electron chi connectivity index (χ0n) is 14.1. The lowest BCUT2D eigenvalue weighted by Crippen LogP contribution is -2.41. The minimum atomic E-state index is -0.535. The van der Waals surface area contributed by atoms with Crippen molar-refractivity contribution in [1.29, 1.82) is 0 Å². The van der Waals surface area contributed by atoms with Crippen LogP contribution in [0.4, 0.5) is 0 Å². The molecule has 0 aromatic heterocycles. The van der Waals surface area contributed by atoms with E-state index in [1.807, 2.05) is 13.8 Å². The van der Waals surface area contributed by atoms with Crippen LogP contribution in [0.3, 0.4) is 0 Å². The van der Waals surface area contributed by atoms with E-state index in [0.717, 1.165) is 5.56 Å². The number of benzene rings is 1. The number of carbonyl (C=O) groups is 3. The number of hydrogen-bond acceptors (Lipinski definition) is 5. The van der Waals surface area contributed by atoms with Crippen molar-refractivity contribution in [1.82, 2.24) is 10.6 Å². The summed E-state index contributed by atoms with van der Waals surface area (Å²) in [7, 11) is 0. The number of rotatable bonds is 6. The highest BCUT2D eigenvalue weighted by Crippen LogP contribution is 2.30. The van der Waals surface area contributed by atoms with E-state index in [2.05, 4.69) is 10.6 Å². The highest BCUT2D eigenvalue weighted by atomic mass is 35.5. The molecule has 2 N–H and O–H groups in total. The van der Waals surface area contributed by atoms with Crippen molar-refractivity contribution >= 4 is 29.4 Å². The molecule has 0 spiro atoms. The number of hydrogen-bond donors (Lipinski definition) is 2. The molecule has 2 amide bonds. The molecule has 8 heteroatoms. The zero-order chi connectivity index (χ0) is 18.4. The molecule has 0 fully saturated rings. The van der Waals surface area contributed by atoms with Gasteiger partial charge in [-0.25, -0.2) is 0 Å². The molecule has 136 valence electrons. The summed E-state index contributed by atoms with van der Waals surface area (Å²) in [6.07, 6.45) is 0.438. The number of nitrogens with one attached hydrogen (secondary N) is 2. The second-order valence-corrected chi connectivity index (χ2v) is 6.51. The summed E-state index contributed by atoms with van der Waals surface area (Å²) in [5.41, 5.74) is 0.829. The third kappa shape index (κ3) is 5.94. The number of carbonyl (C=O) groups excluding carboxylic acids is 3. The SMILES string of the molecule is CC(C)NC(=O)CNC(=O)COC(=O)[C@H]1COc2ccc(Cl)cc2C1. The maximum absolute atomic E-state index is 12.1. The number of halogens is 1. The van der Waals surface area contributed by atoms with Gasteiger partial charge in [-0.3, -0.25) is 14.4 Å². The van der Waals surface area contributed by atoms with Crippen molar-refractivity contribution in [3.8, 4) is 5.75 Å². The second kappa shape index (κ2) is 8.71. The van der Waals surface area contributed by atoms with Gasteiger partial charge in [-0.15, -0.1) is 0 Å². The number of fused-ring (bicyclic) bond motifs is 1. The third-order valence-electron chi connectivity index (χ3n) is 3.50. The van der Waals surface area contributed by atoms with Crippen LogP contribution in [0.5, 0.6) is 5.75 Å². The van der Waals surface area contributed by atoms with Gasteiger partial charge in [0.15, 0.2) is 6.61 Å². The highest BCUT2D eigenvalue weighted by molar-refractivity contribution is 6.30. The predicted molar refractivity (Wildman–Crippen MR) is 91.4 cm³/mol. The molecule has 7 nitrogen and oxygen atoms in total. The van der Waals surface area contributed by atoms with Gasteiger partial charge in [0.25, 0.3) is 5.91 Å². The normalized spacial score (nSPS) is 15.8. The first-order chi connectivity index (χ1) is 11.8. The van der Waals surface area contributed by atoms with Gasteiger partial charge < -0.3 is 20.1 Å². The Bertz CT molecular complexity index is 662. The molecule has 2 rings (SSSR count). The molecule has 0 unspecified atom stereocenters. The quantitative estimate of drug-likeness (QED) is 0.733. The summed E-state index contributed by atoms with van der Waals surface area (Å²) in [5.74, 6) is -1.16. The standard InChI is InChI=1S/C17H21ClN2O5/c1-10(2)20-15(21)7-19-16(22)9-25-17(23)12-5-11-6-13(18)3-4-14(11)24-8-12/h3-4,6,10,12H,5,7-9H2,1-2H3,(H,19,22)(H,20,21)/t12-/m1/s1.